The molecule has 1 saturated carbocycles. The van der Waals surface area contributed by atoms with E-state index in [9.17, 15) is 0 Å². The van der Waals surface area contributed by atoms with E-state index in [0.717, 1.165) is 54.6 Å². The van der Waals surface area contributed by atoms with E-state index in [1.165, 1.54) is 74.5 Å². The lowest BCUT2D eigenvalue weighted by Crippen LogP contribution is -2.26. The second-order valence-electron chi connectivity index (χ2n) is 10.1. The first-order chi connectivity index (χ1) is 15.7. The molecule has 1 aromatic carbocycles. The van der Waals surface area contributed by atoms with E-state index >= 15 is 0 Å². The molecule has 0 bridgehead atoms. The Morgan fingerprint density at radius 3 is 2.56 bits per heavy atom. The van der Waals surface area contributed by atoms with Gasteiger partial charge in [-0.05, 0) is 100 Å². The molecule has 0 spiro atoms. The number of nitrogens with zero attached hydrogens (tertiary/aromatic N) is 2. The van der Waals surface area contributed by atoms with E-state index in [4.69, 9.17) is 14.5 Å². The summed E-state index contributed by atoms with van der Waals surface area (Å²) in [6.45, 7) is 6.70. The van der Waals surface area contributed by atoms with Crippen LogP contribution in [-0.4, -0.2) is 49.3 Å². The highest BCUT2D eigenvalue weighted by molar-refractivity contribution is 5.89. The molecule has 0 unspecified atom stereocenters. The number of pyridine rings is 1. The third-order valence-electron chi connectivity index (χ3n) is 7.77. The molecule has 0 atom stereocenters. The number of ether oxygens (including phenoxy) is 2. The van der Waals surface area contributed by atoms with Gasteiger partial charge in [-0.25, -0.2) is 4.98 Å². The van der Waals surface area contributed by atoms with Crippen LogP contribution in [0.5, 0.6) is 11.5 Å². The predicted molar refractivity (Wildman–Crippen MR) is 131 cm³/mol. The van der Waals surface area contributed by atoms with Crippen molar-refractivity contribution in [1.82, 2.24) is 9.88 Å². The van der Waals surface area contributed by atoms with Gasteiger partial charge in [0.25, 0.3) is 0 Å². The summed E-state index contributed by atoms with van der Waals surface area (Å²) in [5, 5.41) is 5.07. The Balaban J connectivity index is 1.36. The van der Waals surface area contributed by atoms with Crippen molar-refractivity contribution in [3.8, 4) is 11.5 Å². The van der Waals surface area contributed by atoms with E-state index in [0.29, 0.717) is 12.6 Å². The molecular weight excluding hydrogens is 398 g/mol. The van der Waals surface area contributed by atoms with Crippen molar-refractivity contribution in [3.05, 3.63) is 23.3 Å². The second-order valence-corrected chi connectivity index (χ2v) is 10.1. The number of aryl methyl sites for hydroxylation is 1. The third-order valence-corrected chi connectivity index (χ3v) is 7.77. The number of nitrogens with one attached hydrogen (secondary N) is 1. The molecule has 1 N–H and O–H groups in total. The first-order valence-electron chi connectivity index (χ1n) is 12.9. The van der Waals surface area contributed by atoms with Crippen molar-refractivity contribution in [1.29, 1.82) is 0 Å². The zero-order valence-electron chi connectivity index (χ0n) is 19.9. The van der Waals surface area contributed by atoms with Crippen molar-refractivity contribution < 1.29 is 9.47 Å². The monoisotopic (exact) mass is 437 g/mol. The van der Waals surface area contributed by atoms with Crippen LogP contribution in [0.3, 0.4) is 0 Å². The van der Waals surface area contributed by atoms with Gasteiger partial charge in [0.15, 0.2) is 11.5 Å². The van der Waals surface area contributed by atoms with E-state index in [1.54, 1.807) is 7.11 Å². The van der Waals surface area contributed by atoms with Crippen LogP contribution in [-0.2, 0) is 12.8 Å². The van der Waals surface area contributed by atoms with Gasteiger partial charge in [-0.3, -0.25) is 0 Å². The van der Waals surface area contributed by atoms with Crippen LogP contribution >= 0.6 is 0 Å². The first kappa shape index (κ1) is 21.8. The van der Waals surface area contributed by atoms with Crippen molar-refractivity contribution in [2.75, 3.05) is 38.7 Å². The number of hydrogen-bond acceptors (Lipinski definition) is 5. The topological polar surface area (TPSA) is 46.6 Å². The van der Waals surface area contributed by atoms with Crippen LogP contribution in [0.25, 0.3) is 10.9 Å². The minimum atomic E-state index is 0.556. The zero-order valence-corrected chi connectivity index (χ0v) is 19.9. The van der Waals surface area contributed by atoms with Crippen molar-refractivity contribution in [2.45, 2.75) is 77.2 Å². The van der Waals surface area contributed by atoms with E-state index in [1.807, 2.05) is 0 Å². The van der Waals surface area contributed by atoms with Gasteiger partial charge in [-0.1, -0.05) is 6.92 Å². The van der Waals surface area contributed by atoms with E-state index < -0.39 is 0 Å². The molecular formula is C27H39N3O2. The molecule has 2 aromatic rings. The summed E-state index contributed by atoms with van der Waals surface area (Å²) in [6, 6.07) is 4.82. The highest BCUT2D eigenvalue weighted by Crippen LogP contribution is 2.40. The summed E-state index contributed by atoms with van der Waals surface area (Å²) in [4.78, 5) is 7.67. The molecule has 3 aliphatic rings. The Morgan fingerprint density at radius 1 is 1.00 bits per heavy atom. The largest absolute Gasteiger partial charge is 0.493 e. The number of hydrogen-bond donors (Lipinski definition) is 1. The van der Waals surface area contributed by atoms with E-state index in [-0.39, 0.29) is 0 Å². The zero-order chi connectivity index (χ0) is 21.9. The Hall–Kier alpha value is -2.01. The summed E-state index contributed by atoms with van der Waals surface area (Å²) < 4.78 is 11.9. The van der Waals surface area contributed by atoms with Gasteiger partial charge in [0.2, 0.25) is 0 Å². The Morgan fingerprint density at radius 2 is 1.78 bits per heavy atom. The highest BCUT2D eigenvalue weighted by atomic mass is 16.5. The molecule has 174 valence electrons. The average Bonchev–Trinajstić information content (AvgIpc) is 3.50. The lowest BCUT2D eigenvalue weighted by atomic mass is 9.87. The maximum Gasteiger partial charge on any atom is 0.163 e. The standard InChI is InChI=1S/C27H39N3O2/c1-19-9-11-20(12-10-19)28-27-22-8-5-7-21(22)23-17-25(31-2)26(18-24(23)29-27)32-16-6-15-30-13-3-4-14-30/h17-20H,3-16H2,1-2H3,(H,28,29). The van der Waals surface area contributed by atoms with Gasteiger partial charge >= 0.3 is 0 Å². The molecule has 5 nitrogen and oxygen atoms in total. The summed E-state index contributed by atoms with van der Waals surface area (Å²) in [5.41, 5.74) is 3.92. The van der Waals surface area contributed by atoms with Crippen LogP contribution in [0, 0.1) is 5.92 Å². The lowest BCUT2D eigenvalue weighted by molar-refractivity contribution is 0.254. The number of likely N-dealkylation sites (tertiary alicyclic amines) is 1. The number of benzene rings is 1. The maximum absolute atomic E-state index is 6.20. The van der Waals surface area contributed by atoms with Crippen LogP contribution in [0.15, 0.2) is 12.1 Å². The highest BCUT2D eigenvalue weighted by Gasteiger charge is 2.25. The minimum absolute atomic E-state index is 0.556. The molecule has 0 amide bonds. The number of fused-ring (bicyclic) bond motifs is 3. The Bertz CT molecular complexity index is 930. The third kappa shape index (κ3) is 4.68. The molecule has 2 heterocycles. The smallest absolute Gasteiger partial charge is 0.163 e. The lowest BCUT2D eigenvalue weighted by Gasteiger charge is -2.28. The van der Waals surface area contributed by atoms with Crippen molar-refractivity contribution >= 4 is 16.7 Å². The fraction of sp³-hybridized carbons (Fsp3) is 0.667. The predicted octanol–water partition coefficient (Wildman–Crippen LogP) is 5.59. The van der Waals surface area contributed by atoms with Crippen molar-refractivity contribution in [3.63, 3.8) is 0 Å². The summed E-state index contributed by atoms with van der Waals surface area (Å²) >= 11 is 0. The molecule has 1 aliphatic heterocycles. The Kier molecular flexibility index (Phi) is 6.72. The fourth-order valence-corrected chi connectivity index (χ4v) is 5.84. The number of rotatable bonds is 8. The molecule has 2 aliphatic carbocycles. The summed E-state index contributed by atoms with van der Waals surface area (Å²) in [6.07, 6.45) is 12.3. The van der Waals surface area contributed by atoms with Gasteiger partial charge in [0.1, 0.15) is 5.82 Å². The van der Waals surface area contributed by atoms with Gasteiger partial charge in [-0.15, -0.1) is 0 Å². The molecule has 1 aromatic heterocycles. The Labute approximate surface area is 192 Å². The van der Waals surface area contributed by atoms with Crippen LogP contribution in [0.1, 0.15) is 69.4 Å². The molecule has 32 heavy (non-hydrogen) atoms. The number of anilines is 1. The number of methoxy groups -OCH3 is 1. The summed E-state index contributed by atoms with van der Waals surface area (Å²) in [7, 11) is 1.74. The normalized spacial score (nSPS) is 23.4. The quantitative estimate of drug-likeness (QED) is 0.546. The summed E-state index contributed by atoms with van der Waals surface area (Å²) in [5.74, 6) is 3.64. The first-order valence-corrected chi connectivity index (χ1v) is 12.9. The minimum Gasteiger partial charge on any atom is -0.493 e. The SMILES string of the molecule is COc1cc2c3c(c(NC4CCC(C)CC4)nc2cc1OCCCN1CCCC1)CCC3. The van der Waals surface area contributed by atoms with Crippen molar-refractivity contribution in [2.24, 2.45) is 5.92 Å². The van der Waals surface area contributed by atoms with Gasteiger partial charge in [-0.2, -0.15) is 0 Å². The molecule has 5 rings (SSSR count). The fourth-order valence-electron chi connectivity index (χ4n) is 5.84. The second kappa shape index (κ2) is 9.86. The van der Waals surface area contributed by atoms with Gasteiger partial charge in [0.05, 0.1) is 19.2 Å². The van der Waals surface area contributed by atoms with Crippen LogP contribution in [0.2, 0.25) is 0 Å². The van der Waals surface area contributed by atoms with Crippen LogP contribution < -0.4 is 14.8 Å². The maximum atomic E-state index is 6.20. The molecule has 5 heteroatoms. The van der Waals surface area contributed by atoms with Gasteiger partial charge < -0.3 is 19.7 Å². The number of aromatic nitrogens is 1. The molecule has 1 saturated heterocycles. The van der Waals surface area contributed by atoms with E-state index in [2.05, 4.69) is 29.3 Å². The molecule has 2 fully saturated rings. The average molecular weight is 438 g/mol. The van der Waals surface area contributed by atoms with Crippen LogP contribution in [0.4, 0.5) is 5.82 Å². The van der Waals surface area contributed by atoms with Gasteiger partial charge in [0, 0.05) is 24.0 Å². The molecule has 0 radical (unpaired) electrons.